The van der Waals surface area contributed by atoms with E-state index in [0.717, 1.165) is 18.0 Å². The SMILES string of the molecule is CCC(C)CC(CC)NCc1nc2ccccc2s1. The molecule has 104 valence electrons. The van der Waals surface area contributed by atoms with Gasteiger partial charge in [-0.2, -0.15) is 0 Å². The minimum absolute atomic E-state index is 0.613. The van der Waals surface area contributed by atoms with Crippen LogP contribution in [0, 0.1) is 5.92 Å². The molecule has 0 aliphatic rings. The summed E-state index contributed by atoms with van der Waals surface area (Å²) in [5.74, 6) is 0.799. The largest absolute Gasteiger partial charge is 0.308 e. The van der Waals surface area contributed by atoms with Gasteiger partial charge in [-0.15, -0.1) is 11.3 Å². The van der Waals surface area contributed by atoms with Gasteiger partial charge in [-0.3, -0.25) is 0 Å². The number of benzene rings is 1. The van der Waals surface area contributed by atoms with Gasteiger partial charge in [-0.05, 0) is 30.9 Å². The Bertz CT molecular complexity index is 473. The maximum atomic E-state index is 4.67. The minimum atomic E-state index is 0.613. The summed E-state index contributed by atoms with van der Waals surface area (Å²) in [6.45, 7) is 7.76. The topological polar surface area (TPSA) is 24.9 Å². The lowest BCUT2D eigenvalue weighted by molar-refractivity contribution is 0.384. The van der Waals surface area contributed by atoms with Crippen molar-refractivity contribution >= 4 is 21.6 Å². The summed E-state index contributed by atoms with van der Waals surface area (Å²) in [4.78, 5) is 4.67. The Morgan fingerprint density at radius 2 is 2.00 bits per heavy atom. The fourth-order valence-electron chi connectivity index (χ4n) is 2.27. The number of fused-ring (bicyclic) bond motifs is 1. The van der Waals surface area contributed by atoms with Gasteiger partial charge in [0.15, 0.2) is 0 Å². The minimum Gasteiger partial charge on any atom is -0.308 e. The average Bonchev–Trinajstić information content (AvgIpc) is 2.85. The third-order valence-electron chi connectivity index (χ3n) is 3.76. The summed E-state index contributed by atoms with van der Waals surface area (Å²) in [6, 6.07) is 8.98. The molecule has 0 spiro atoms. The van der Waals surface area contributed by atoms with E-state index >= 15 is 0 Å². The maximum absolute atomic E-state index is 4.67. The van der Waals surface area contributed by atoms with Gasteiger partial charge in [0.1, 0.15) is 5.01 Å². The van der Waals surface area contributed by atoms with Crippen molar-refractivity contribution in [2.45, 2.75) is 52.6 Å². The van der Waals surface area contributed by atoms with Crippen molar-refractivity contribution in [3.05, 3.63) is 29.3 Å². The highest BCUT2D eigenvalue weighted by atomic mass is 32.1. The second kappa shape index (κ2) is 7.01. The molecule has 2 nitrogen and oxygen atoms in total. The standard InChI is InChI=1S/C16H24N2S/c1-4-12(3)10-13(5-2)17-11-16-18-14-8-6-7-9-15(14)19-16/h6-9,12-13,17H,4-5,10-11H2,1-3H3. The number of hydrogen-bond donors (Lipinski definition) is 1. The van der Waals surface area contributed by atoms with E-state index in [2.05, 4.69) is 55.3 Å². The smallest absolute Gasteiger partial charge is 0.108 e. The quantitative estimate of drug-likeness (QED) is 0.799. The second-order valence-electron chi connectivity index (χ2n) is 5.31. The van der Waals surface area contributed by atoms with Crippen LogP contribution in [0.5, 0.6) is 0 Å². The number of thiazole rings is 1. The fraction of sp³-hybridized carbons (Fsp3) is 0.562. The lowest BCUT2D eigenvalue weighted by atomic mass is 9.98. The Hall–Kier alpha value is -0.930. The van der Waals surface area contributed by atoms with Crippen LogP contribution in [0.25, 0.3) is 10.2 Å². The van der Waals surface area contributed by atoms with Crippen molar-refractivity contribution in [3.63, 3.8) is 0 Å². The maximum Gasteiger partial charge on any atom is 0.108 e. The number of rotatable bonds is 7. The van der Waals surface area contributed by atoms with E-state index < -0.39 is 0 Å². The zero-order valence-electron chi connectivity index (χ0n) is 12.1. The molecule has 1 N–H and O–H groups in total. The van der Waals surface area contributed by atoms with Gasteiger partial charge in [-0.1, -0.05) is 39.3 Å². The average molecular weight is 276 g/mol. The number of para-hydroxylation sites is 1. The Morgan fingerprint density at radius 1 is 1.21 bits per heavy atom. The number of aromatic nitrogens is 1. The summed E-state index contributed by atoms with van der Waals surface area (Å²) in [5, 5.41) is 4.86. The molecule has 0 aliphatic carbocycles. The van der Waals surface area contributed by atoms with Gasteiger partial charge < -0.3 is 5.32 Å². The summed E-state index contributed by atoms with van der Waals surface area (Å²) in [7, 11) is 0. The number of hydrogen-bond acceptors (Lipinski definition) is 3. The normalized spacial score (nSPS) is 14.7. The summed E-state index contributed by atoms with van der Waals surface area (Å²) in [5.41, 5.74) is 1.12. The van der Waals surface area contributed by atoms with E-state index in [9.17, 15) is 0 Å². The van der Waals surface area contributed by atoms with Crippen LogP contribution in [0.2, 0.25) is 0 Å². The molecule has 2 unspecified atom stereocenters. The Kier molecular flexibility index (Phi) is 5.34. The fourth-order valence-corrected chi connectivity index (χ4v) is 3.19. The van der Waals surface area contributed by atoms with Crippen molar-refractivity contribution in [2.24, 2.45) is 5.92 Å². The molecule has 3 heteroatoms. The molecule has 0 amide bonds. The van der Waals surface area contributed by atoms with Crippen molar-refractivity contribution in [3.8, 4) is 0 Å². The second-order valence-corrected chi connectivity index (χ2v) is 6.43. The van der Waals surface area contributed by atoms with Crippen LogP contribution in [0.1, 0.15) is 45.0 Å². The van der Waals surface area contributed by atoms with E-state index in [1.165, 1.54) is 29.0 Å². The first kappa shape index (κ1) is 14.5. The Labute approximate surface area is 120 Å². The molecule has 1 heterocycles. The molecule has 0 saturated heterocycles. The zero-order chi connectivity index (χ0) is 13.7. The van der Waals surface area contributed by atoms with E-state index in [1.807, 2.05) is 0 Å². The molecular formula is C16H24N2S. The van der Waals surface area contributed by atoms with Gasteiger partial charge in [0, 0.05) is 12.6 Å². The molecule has 1 aromatic carbocycles. The third-order valence-corrected chi connectivity index (χ3v) is 4.79. The lowest BCUT2D eigenvalue weighted by Crippen LogP contribution is -2.29. The Balaban J connectivity index is 1.93. The predicted molar refractivity (Wildman–Crippen MR) is 84.6 cm³/mol. The third kappa shape index (κ3) is 4.02. The molecule has 0 radical (unpaired) electrons. The predicted octanol–water partition coefficient (Wildman–Crippen LogP) is 4.60. The summed E-state index contributed by atoms with van der Waals surface area (Å²) < 4.78 is 1.29. The van der Waals surface area contributed by atoms with Crippen LogP contribution >= 0.6 is 11.3 Å². The van der Waals surface area contributed by atoms with E-state index in [4.69, 9.17) is 0 Å². The van der Waals surface area contributed by atoms with Crippen LogP contribution < -0.4 is 5.32 Å². The van der Waals surface area contributed by atoms with E-state index in [0.29, 0.717) is 6.04 Å². The first-order chi connectivity index (χ1) is 9.22. The highest BCUT2D eigenvalue weighted by Crippen LogP contribution is 2.21. The molecule has 0 bridgehead atoms. The van der Waals surface area contributed by atoms with Crippen LogP contribution in [0.4, 0.5) is 0 Å². The van der Waals surface area contributed by atoms with Gasteiger partial charge in [0.05, 0.1) is 10.2 Å². The molecule has 0 saturated carbocycles. The number of nitrogens with one attached hydrogen (secondary N) is 1. The summed E-state index contributed by atoms with van der Waals surface area (Å²) >= 11 is 1.80. The zero-order valence-corrected chi connectivity index (χ0v) is 13.0. The lowest BCUT2D eigenvalue weighted by Gasteiger charge is -2.19. The molecule has 0 aliphatic heterocycles. The first-order valence-corrected chi connectivity index (χ1v) is 8.12. The van der Waals surface area contributed by atoms with Crippen molar-refractivity contribution in [1.82, 2.24) is 10.3 Å². The molecule has 1 aromatic heterocycles. The Morgan fingerprint density at radius 3 is 2.68 bits per heavy atom. The monoisotopic (exact) mass is 276 g/mol. The highest BCUT2D eigenvalue weighted by molar-refractivity contribution is 7.18. The molecular weight excluding hydrogens is 252 g/mol. The van der Waals surface area contributed by atoms with Crippen LogP contribution in [0.15, 0.2) is 24.3 Å². The van der Waals surface area contributed by atoms with Gasteiger partial charge in [0.2, 0.25) is 0 Å². The molecule has 2 atom stereocenters. The van der Waals surface area contributed by atoms with Crippen molar-refractivity contribution in [2.75, 3.05) is 0 Å². The molecule has 0 fully saturated rings. The molecule has 2 rings (SSSR count). The van der Waals surface area contributed by atoms with Crippen molar-refractivity contribution < 1.29 is 0 Å². The number of nitrogens with zero attached hydrogens (tertiary/aromatic N) is 1. The molecule has 2 aromatic rings. The highest BCUT2D eigenvalue weighted by Gasteiger charge is 2.11. The van der Waals surface area contributed by atoms with E-state index in [1.54, 1.807) is 11.3 Å². The van der Waals surface area contributed by atoms with Crippen molar-refractivity contribution in [1.29, 1.82) is 0 Å². The first-order valence-electron chi connectivity index (χ1n) is 7.30. The van der Waals surface area contributed by atoms with Gasteiger partial charge in [0.25, 0.3) is 0 Å². The van der Waals surface area contributed by atoms with Crippen LogP contribution in [0.3, 0.4) is 0 Å². The van der Waals surface area contributed by atoms with Crippen LogP contribution in [-0.2, 0) is 6.54 Å². The van der Waals surface area contributed by atoms with Gasteiger partial charge in [-0.25, -0.2) is 4.98 Å². The van der Waals surface area contributed by atoms with E-state index in [-0.39, 0.29) is 0 Å². The summed E-state index contributed by atoms with van der Waals surface area (Å²) in [6.07, 6.45) is 3.71. The van der Waals surface area contributed by atoms with Gasteiger partial charge >= 0.3 is 0 Å². The molecule has 19 heavy (non-hydrogen) atoms. The van der Waals surface area contributed by atoms with Crippen LogP contribution in [-0.4, -0.2) is 11.0 Å².